The summed E-state index contributed by atoms with van der Waals surface area (Å²) in [6.45, 7) is 15.7. The van der Waals surface area contributed by atoms with Crippen LogP contribution in [0.3, 0.4) is 0 Å². The van der Waals surface area contributed by atoms with Crippen LogP contribution in [0, 0.1) is 45.3 Å². The summed E-state index contributed by atoms with van der Waals surface area (Å²) in [5.74, 6) is -0.252. The van der Waals surface area contributed by atoms with E-state index in [0.717, 1.165) is 25.7 Å². The van der Waals surface area contributed by atoms with Crippen molar-refractivity contribution in [1.29, 1.82) is 0 Å². The van der Waals surface area contributed by atoms with Crippen LogP contribution in [-0.4, -0.2) is 28.1 Å². The van der Waals surface area contributed by atoms with Crippen molar-refractivity contribution in [2.24, 2.45) is 45.3 Å². The zero-order valence-corrected chi connectivity index (χ0v) is 22.4. The Bertz CT molecular complexity index is 928. The smallest absolute Gasteiger partial charge is 0.306 e. The Morgan fingerprint density at radius 2 is 1.68 bits per heavy atom. The quantitative estimate of drug-likeness (QED) is 0.430. The number of aliphatic hydroxyl groups is 1. The molecule has 190 valence electrons. The van der Waals surface area contributed by atoms with Gasteiger partial charge in [-0.1, -0.05) is 71.8 Å². The van der Waals surface area contributed by atoms with Gasteiger partial charge in [-0.3, -0.25) is 9.59 Å². The third kappa shape index (κ3) is 3.57. The fraction of sp³-hybridized carbons (Fsp3) is 0.800. The second-order valence-corrected chi connectivity index (χ2v) is 13.5. The summed E-state index contributed by atoms with van der Waals surface area (Å²) in [6.07, 6.45) is 11.7. The van der Waals surface area contributed by atoms with E-state index in [9.17, 15) is 19.8 Å². The van der Waals surface area contributed by atoms with E-state index in [1.807, 2.05) is 0 Å². The van der Waals surface area contributed by atoms with Gasteiger partial charge in [0.1, 0.15) is 5.78 Å². The molecule has 0 spiro atoms. The molecule has 0 amide bonds. The Kier molecular flexibility index (Phi) is 6.28. The number of Topliss-reactive ketones (excluding diaryl/α,β-unsaturated/α-hetero) is 1. The van der Waals surface area contributed by atoms with Gasteiger partial charge >= 0.3 is 5.97 Å². The maximum atomic E-state index is 12.7. The fourth-order valence-corrected chi connectivity index (χ4v) is 9.00. The predicted molar refractivity (Wildman–Crippen MR) is 135 cm³/mol. The highest BCUT2D eigenvalue weighted by atomic mass is 16.4. The first-order valence-electron chi connectivity index (χ1n) is 13.5. The Hall–Kier alpha value is -1.42. The molecular formula is C30H46O4. The monoisotopic (exact) mass is 470 g/mol. The van der Waals surface area contributed by atoms with Crippen molar-refractivity contribution in [1.82, 2.24) is 0 Å². The first kappa shape index (κ1) is 25.7. The van der Waals surface area contributed by atoms with Gasteiger partial charge in [-0.05, 0) is 77.9 Å². The fourth-order valence-electron chi connectivity index (χ4n) is 9.00. The number of rotatable bonds is 6. The van der Waals surface area contributed by atoms with Crippen molar-refractivity contribution >= 4 is 11.8 Å². The lowest BCUT2D eigenvalue weighted by Crippen LogP contribution is -2.57. The van der Waals surface area contributed by atoms with E-state index in [2.05, 4.69) is 53.7 Å². The molecule has 0 aliphatic heterocycles. The number of aliphatic hydroxyl groups excluding tert-OH is 1. The van der Waals surface area contributed by atoms with E-state index >= 15 is 0 Å². The number of fused-ring (bicyclic) bond motifs is 5. The van der Waals surface area contributed by atoms with Gasteiger partial charge in [-0.15, -0.1) is 0 Å². The molecule has 8 atom stereocenters. The summed E-state index contributed by atoms with van der Waals surface area (Å²) in [7, 11) is 0. The number of carbonyl (C=O) groups is 2. The van der Waals surface area contributed by atoms with Gasteiger partial charge in [0.05, 0.1) is 12.0 Å². The average Bonchev–Trinajstić information content (AvgIpc) is 3.02. The molecule has 34 heavy (non-hydrogen) atoms. The molecule has 0 aromatic rings. The lowest BCUT2D eigenvalue weighted by atomic mass is 9.41. The standard InChI is InChI=1S/C30H46O4/c1-18(16-20(31)17-19(2)26(33)34)21-10-14-30(7)23-8-9-24-27(3,4)25(32)12-13-28(24,5)22(23)11-15-29(21,30)6/h10-11,18-19,23-25,32H,8-9,12-17H2,1-7H3,(H,33,34)/t18-,19+,23-,24-,25-,28-,29-,30+/m1/s1. The zero-order valence-electron chi connectivity index (χ0n) is 22.4. The van der Waals surface area contributed by atoms with Gasteiger partial charge in [-0.25, -0.2) is 0 Å². The zero-order chi connectivity index (χ0) is 25.3. The normalized spacial score (nSPS) is 42.4. The number of carboxylic acid groups (broad SMARTS) is 1. The van der Waals surface area contributed by atoms with Gasteiger partial charge in [0, 0.05) is 12.8 Å². The van der Waals surface area contributed by atoms with Crippen LogP contribution in [0.25, 0.3) is 0 Å². The maximum Gasteiger partial charge on any atom is 0.306 e. The molecule has 4 nitrogen and oxygen atoms in total. The first-order valence-corrected chi connectivity index (χ1v) is 13.5. The third-order valence-electron chi connectivity index (χ3n) is 11.4. The molecule has 0 aromatic carbocycles. The maximum absolute atomic E-state index is 12.7. The molecule has 0 heterocycles. The third-order valence-corrected chi connectivity index (χ3v) is 11.4. The van der Waals surface area contributed by atoms with Crippen LogP contribution in [0.2, 0.25) is 0 Å². The Balaban J connectivity index is 1.59. The van der Waals surface area contributed by atoms with Gasteiger partial charge in [0.25, 0.3) is 0 Å². The van der Waals surface area contributed by atoms with E-state index in [1.165, 1.54) is 18.4 Å². The highest BCUT2D eigenvalue weighted by Crippen LogP contribution is 2.71. The van der Waals surface area contributed by atoms with Crippen molar-refractivity contribution in [3.05, 3.63) is 23.3 Å². The van der Waals surface area contributed by atoms with Crippen molar-refractivity contribution in [2.75, 3.05) is 0 Å². The van der Waals surface area contributed by atoms with Crippen molar-refractivity contribution in [2.45, 2.75) is 106 Å². The Labute approximate surface area is 206 Å². The summed E-state index contributed by atoms with van der Waals surface area (Å²) < 4.78 is 0. The number of carboxylic acids is 1. The van der Waals surface area contributed by atoms with Crippen LogP contribution < -0.4 is 0 Å². The average molecular weight is 471 g/mol. The molecule has 4 heteroatoms. The summed E-state index contributed by atoms with van der Waals surface area (Å²) in [4.78, 5) is 23.9. The molecule has 2 fully saturated rings. The SMILES string of the molecule is C[C@H](CC(=O)C[C@H](C)C(=O)O)C1=CC[C@@]2(C)[C@@H]3CC[C@@H]4C(C)(C)[C@H](O)CC[C@]4(C)C3=CC[C@]12C. The molecular weight excluding hydrogens is 424 g/mol. The summed E-state index contributed by atoms with van der Waals surface area (Å²) in [5.41, 5.74) is 3.35. The van der Waals surface area contributed by atoms with Gasteiger partial charge in [0.2, 0.25) is 0 Å². The highest BCUT2D eigenvalue weighted by molar-refractivity contribution is 5.84. The van der Waals surface area contributed by atoms with E-state index in [4.69, 9.17) is 0 Å². The van der Waals surface area contributed by atoms with Crippen molar-refractivity contribution in [3.8, 4) is 0 Å². The minimum absolute atomic E-state index is 0.0339. The van der Waals surface area contributed by atoms with Crippen molar-refractivity contribution < 1.29 is 19.8 Å². The number of carbonyl (C=O) groups excluding carboxylic acids is 1. The largest absolute Gasteiger partial charge is 0.481 e. The van der Waals surface area contributed by atoms with Crippen LogP contribution in [-0.2, 0) is 9.59 Å². The number of hydrogen-bond acceptors (Lipinski definition) is 3. The minimum Gasteiger partial charge on any atom is -0.481 e. The number of allylic oxidation sites excluding steroid dienone is 4. The number of ketones is 1. The molecule has 0 unspecified atom stereocenters. The molecule has 4 rings (SSSR count). The van der Waals surface area contributed by atoms with E-state index in [0.29, 0.717) is 18.3 Å². The van der Waals surface area contributed by atoms with Crippen LogP contribution in [0.15, 0.2) is 23.3 Å². The van der Waals surface area contributed by atoms with E-state index in [1.54, 1.807) is 12.5 Å². The number of hydrogen-bond donors (Lipinski definition) is 2. The topological polar surface area (TPSA) is 74.6 Å². The minimum atomic E-state index is -0.895. The van der Waals surface area contributed by atoms with Gasteiger partial charge in [-0.2, -0.15) is 0 Å². The predicted octanol–water partition coefficient (Wildman–Crippen LogP) is 6.58. The van der Waals surface area contributed by atoms with Crippen LogP contribution >= 0.6 is 0 Å². The molecule has 2 N–H and O–H groups in total. The summed E-state index contributed by atoms with van der Waals surface area (Å²) >= 11 is 0. The van der Waals surface area contributed by atoms with Crippen LogP contribution in [0.1, 0.15) is 99.8 Å². The summed E-state index contributed by atoms with van der Waals surface area (Å²) in [5, 5.41) is 20.0. The number of aliphatic carboxylic acids is 1. The molecule has 0 aromatic heterocycles. The Morgan fingerprint density at radius 3 is 2.32 bits per heavy atom. The lowest BCUT2D eigenvalue weighted by molar-refractivity contribution is -0.143. The second-order valence-electron chi connectivity index (χ2n) is 13.5. The molecule has 4 aliphatic rings. The van der Waals surface area contributed by atoms with Crippen LogP contribution in [0.4, 0.5) is 0 Å². The van der Waals surface area contributed by atoms with E-state index in [-0.39, 0.29) is 45.9 Å². The summed E-state index contributed by atoms with van der Waals surface area (Å²) in [6, 6.07) is 0. The Morgan fingerprint density at radius 1 is 1.00 bits per heavy atom. The highest BCUT2D eigenvalue weighted by Gasteiger charge is 2.63. The second kappa shape index (κ2) is 8.32. The molecule has 0 bridgehead atoms. The first-order chi connectivity index (χ1) is 15.7. The molecule has 0 radical (unpaired) electrons. The molecule has 4 aliphatic carbocycles. The van der Waals surface area contributed by atoms with Gasteiger partial charge in [0.15, 0.2) is 0 Å². The van der Waals surface area contributed by atoms with Crippen LogP contribution in [0.5, 0.6) is 0 Å². The van der Waals surface area contributed by atoms with E-state index < -0.39 is 11.9 Å². The van der Waals surface area contributed by atoms with Gasteiger partial charge < -0.3 is 10.2 Å². The molecule has 0 saturated heterocycles. The molecule has 2 saturated carbocycles. The lowest BCUT2D eigenvalue weighted by Gasteiger charge is -2.64. The van der Waals surface area contributed by atoms with Crippen molar-refractivity contribution in [3.63, 3.8) is 0 Å².